The molecule has 0 radical (unpaired) electrons. The zero-order chi connectivity index (χ0) is 21.1. The van der Waals surface area contributed by atoms with Gasteiger partial charge in [-0.3, -0.25) is 0 Å². The van der Waals surface area contributed by atoms with Crippen molar-refractivity contribution < 1.29 is 41.0 Å². The Balaban J connectivity index is 2.00. The monoisotopic (exact) mass is 415 g/mol. The van der Waals surface area contributed by atoms with Crippen molar-refractivity contribution in [1.29, 1.82) is 0 Å². The van der Waals surface area contributed by atoms with E-state index in [1.54, 1.807) is 0 Å². The highest BCUT2D eigenvalue weighted by Gasteiger charge is 2.60. The molecule has 2 aliphatic heterocycles. The van der Waals surface area contributed by atoms with Crippen LogP contribution in [-0.2, 0) is 19.1 Å². The van der Waals surface area contributed by atoms with Crippen LogP contribution >= 0.6 is 0 Å². The Labute approximate surface area is 161 Å². The summed E-state index contributed by atoms with van der Waals surface area (Å²) in [5.74, 6) is -10.6. The summed E-state index contributed by atoms with van der Waals surface area (Å²) in [5, 5.41) is 2.57. The van der Waals surface area contributed by atoms with E-state index in [9.17, 15) is 31.5 Å². The number of hydrogen-bond acceptors (Lipinski definition) is 5. The van der Waals surface area contributed by atoms with Crippen LogP contribution < -0.4 is 5.32 Å². The fraction of sp³-hybridized carbons (Fsp3) is 0.368. The molecule has 0 spiro atoms. The Morgan fingerprint density at radius 1 is 1.34 bits per heavy atom. The predicted molar refractivity (Wildman–Crippen MR) is 87.5 cm³/mol. The van der Waals surface area contributed by atoms with Crippen molar-refractivity contribution >= 4 is 11.9 Å². The summed E-state index contributed by atoms with van der Waals surface area (Å²) in [5.41, 5.74) is -1.70. The van der Waals surface area contributed by atoms with Crippen molar-refractivity contribution in [2.75, 3.05) is 20.4 Å². The van der Waals surface area contributed by atoms with E-state index >= 15 is 0 Å². The molecule has 1 fully saturated rings. The number of alkyl halides is 3. The fourth-order valence-electron chi connectivity index (χ4n) is 3.88. The van der Waals surface area contributed by atoms with Crippen molar-refractivity contribution in [3.8, 4) is 0 Å². The smallest absolute Gasteiger partial charge is 0.337 e. The first-order chi connectivity index (χ1) is 13.7. The summed E-state index contributed by atoms with van der Waals surface area (Å²) in [6.45, 7) is -1.48. The Hall–Kier alpha value is -2.91. The van der Waals surface area contributed by atoms with Crippen LogP contribution in [0.4, 0.5) is 22.0 Å². The van der Waals surface area contributed by atoms with E-state index in [0.29, 0.717) is 6.07 Å². The molecule has 29 heavy (non-hydrogen) atoms. The Kier molecular flexibility index (Phi) is 4.39. The molecule has 1 saturated carbocycles. The lowest BCUT2D eigenvalue weighted by Crippen LogP contribution is -2.32. The quantitative estimate of drug-likeness (QED) is 0.605. The molecule has 1 aromatic carbocycles. The van der Waals surface area contributed by atoms with Crippen LogP contribution in [0.15, 0.2) is 34.7 Å². The molecule has 4 rings (SSSR count). The topological polar surface area (TPSA) is 64.6 Å². The molecule has 5 nitrogen and oxygen atoms in total. The number of dihydropyridines is 1. The highest BCUT2D eigenvalue weighted by Crippen LogP contribution is 2.59. The molecule has 0 saturated heterocycles. The first kappa shape index (κ1) is 19.4. The molecule has 2 heterocycles. The van der Waals surface area contributed by atoms with Crippen molar-refractivity contribution in [2.45, 2.75) is 24.2 Å². The van der Waals surface area contributed by atoms with E-state index in [1.807, 2.05) is 0 Å². The second-order valence-corrected chi connectivity index (χ2v) is 6.95. The van der Waals surface area contributed by atoms with Gasteiger partial charge in [-0.05, 0) is 11.6 Å². The summed E-state index contributed by atoms with van der Waals surface area (Å²) in [4.78, 5) is 24.7. The standard InChI is InChI=1S/C19H14F5NO4/c1-28-17(26)15-11(5-20)25-12-6-29-18(27)16(12)14(15)8-2-7(21)3-10(22)13(8)9-4-19(9,23)24/h2-3,9,14,25H,4-6H2,1H3/t9-,14-/m0/s1. The Bertz CT molecular complexity index is 1000. The van der Waals surface area contributed by atoms with Gasteiger partial charge in [0.2, 0.25) is 0 Å². The maximum atomic E-state index is 14.6. The van der Waals surface area contributed by atoms with Gasteiger partial charge in [-0.15, -0.1) is 0 Å². The average molecular weight is 415 g/mol. The summed E-state index contributed by atoms with van der Waals surface area (Å²) in [7, 11) is 1.00. The first-order valence-corrected chi connectivity index (χ1v) is 8.60. The van der Waals surface area contributed by atoms with Crippen LogP contribution in [0.5, 0.6) is 0 Å². The number of methoxy groups -OCH3 is 1. The molecule has 10 heteroatoms. The molecule has 1 N–H and O–H groups in total. The van der Waals surface area contributed by atoms with Crippen LogP contribution in [0, 0.1) is 11.6 Å². The molecular weight excluding hydrogens is 401 g/mol. The van der Waals surface area contributed by atoms with Gasteiger partial charge in [0.1, 0.15) is 24.9 Å². The predicted octanol–water partition coefficient (Wildman–Crippen LogP) is 2.98. The summed E-state index contributed by atoms with van der Waals surface area (Å²) in [6, 6.07) is 1.23. The molecule has 0 amide bonds. The van der Waals surface area contributed by atoms with Crippen LogP contribution in [0.2, 0.25) is 0 Å². The van der Waals surface area contributed by atoms with Crippen molar-refractivity contribution in [1.82, 2.24) is 5.32 Å². The largest absolute Gasteiger partial charge is 0.466 e. The van der Waals surface area contributed by atoms with Gasteiger partial charge in [0.15, 0.2) is 0 Å². The van der Waals surface area contributed by atoms with E-state index in [1.165, 1.54) is 0 Å². The lowest BCUT2D eigenvalue weighted by Gasteiger charge is -2.29. The minimum absolute atomic E-state index is 0.0958. The fourth-order valence-corrected chi connectivity index (χ4v) is 3.88. The van der Waals surface area contributed by atoms with Crippen molar-refractivity contribution in [2.24, 2.45) is 0 Å². The number of halogens is 5. The van der Waals surface area contributed by atoms with Crippen LogP contribution in [0.3, 0.4) is 0 Å². The second kappa shape index (κ2) is 6.57. The average Bonchev–Trinajstić information content (AvgIpc) is 3.13. The summed E-state index contributed by atoms with van der Waals surface area (Å²) < 4.78 is 79.5. The lowest BCUT2D eigenvalue weighted by molar-refractivity contribution is -0.136. The highest BCUT2D eigenvalue weighted by molar-refractivity contribution is 6.01. The van der Waals surface area contributed by atoms with Gasteiger partial charge in [-0.1, -0.05) is 0 Å². The third-order valence-electron chi connectivity index (χ3n) is 5.25. The van der Waals surface area contributed by atoms with Crippen molar-refractivity contribution in [3.63, 3.8) is 0 Å². The van der Waals surface area contributed by atoms with E-state index in [2.05, 4.69) is 10.1 Å². The van der Waals surface area contributed by atoms with Crippen LogP contribution in [-0.4, -0.2) is 38.3 Å². The third-order valence-corrected chi connectivity index (χ3v) is 5.25. The molecule has 0 unspecified atom stereocenters. The minimum Gasteiger partial charge on any atom is -0.466 e. The molecule has 2 atom stereocenters. The van der Waals surface area contributed by atoms with Gasteiger partial charge in [0, 0.05) is 18.1 Å². The van der Waals surface area contributed by atoms with Crippen LogP contribution in [0.25, 0.3) is 0 Å². The lowest BCUT2D eigenvalue weighted by atomic mass is 9.78. The highest BCUT2D eigenvalue weighted by atomic mass is 19.3. The van der Waals surface area contributed by atoms with Gasteiger partial charge in [-0.25, -0.2) is 31.5 Å². The van der Waals surface area contributed by atoms with E-state index < -0.39 is 65.6 Å². The maximum absolute atomic E-state index is 14.6. The molecule has 1 aromatic rings. The molecule has 154 valence electrons. The summed E-state index contributed by atoms with van der Waals surface area (Å²) in [6.07, 6.45) is -0.670. The number of carbonyl (C=O) groups is 2. The number of ether oxygens (including phenoxy) is 2. The van der Waals surface area contributed by atoms with Gasteiger partial charge >= 0.3 is 11.9 Å². The van der Waals surface area contributed by atoms with Gasteiger partial charge in [0.05, 0.1) is 41.5 Å². The van der Waals surface area contributed by atoms with E-state index in [-0.39, 0.29) is 29.1 Å². The summed E-state index contributed by atoms with van der Waals surface area (Å²) >= 11 is 0. The van der Waals surface area contributed by atoms with Crippen molar-refractivity contribution in [3.05, 3.63) is 57.4 Å². The number of nitrogens with one attached hydrogen (secondary N) is 1. The zero-order valence-corrected chi connectivity index (χ0v) is 15.0. The van der Waals surface area contributed by atoms with E-state index in [0.717, 1.165) is 13.2 Å². The number of esters is 2. The van der Waals surface area contributed by atoms with E-state index in [4.69, 9.17) is 4.74 Å². The second-order valence-electron chi connectivity index (χ2n) is 6.95. The van der Waals surface area contributed by atoms with Gasteiger partial charge < -0.3 is 14.8 Å². The molecular formula is C19H14F5NO4. The number of rotatable bonds is 4. The molecule has 0 bridgehead atoms. The zero-order valence-electron chi connectivity index (χ0n) is 15.0. The Morgan fingerprint density at radius 3 is 2.62 bits per heavy atom. The number of hydrogen-bond donors (Lipinski definition) is 1. The van der Waals surface area contributed by atoms with Gasteiger partial charge in [-0.2, -0.15) is 0 Å². The Morgan fingerprint density at radius 2 is 2.03 bits per heavy atom. The molecule has 3 aliphatic rings. The number of cyclic esters (lactones) is 1. The number of allylic oxidation sites excluding steroid dienone is 1. The van der Waals surface area contributed by atoms with Gasteiger partial charge in [0.25, 0.3) is 5.92 Å². The maximum Gasteiger partial charge on any atom is 0.337 e. The first-order valence-electron chi connectivity index (χ1n) is 8.60. The SMILES string of the molecule is COC(=O)C1=C(CF)NC2=C(C(=O)OC2)[C@H]1c1cc(F)cc(F)c1[C@@H]1CC1(F)F. The third kappa shape index (κ3) is 2.97. The number of carbonyl (C=O) groups excluding carboxylic acids is 2. The molecule has 0 aromatic heterocycles. The number of benzene rings is 1. The normalized spacial score (nSPS) is 24.8. The molecule has 1 aliphatic carbocycles. The van der Waals surface area contributed by atoms with Crippen LogP contribution in [0.1, 0.15) is 29.4 Å². The minimum atomic E-state index is -3.22.